The summed E-state index contributed by atoms with van der Waals surface area (Å²) in [6.07, 6.45) is 7.20. The highest BCUT2D eigenvalue weighted by atomic mass is 15.1. The van der Waals surface area contributed by atoms with Crippen molar-refractivity contribution in [1.82, 2.24) is 14.9 Å². The summed E-state index contributed by atoms with van der Waals surface area (Å²) in [6, 6.07) is 12.8. The van der Waals surface area contributed by atoms with Crippen LogP contribution >= 0.6 is 0 Å². The molecule has 4 rings (SSSR count). The van der Waals surface area contributed by atoms with E-state index in [1.165, 1.54) is 35.0 Å². The first kappa shape index (κ1) is 12.6. The molecule has 3 heteroatoms. The summed E-state index contributed by atoms with van der Waals surface area (Å²) in [4.78, 5) is 10.0. The maximum atomic E-state index is 4.11. The molecule has 1 saturated heterocycles. The minimum Gasteiger partial charge on any atom is -0.361 e. The highest BCUT2D eigenvalue weighted by molar-refractivity contribution is 5.82. The Morgan fingerprint density at radius 1 is 1.14 bits per heavy atom. The molecule has 0 aliphatic carbocycles. The molecule has 1 unspecified atom stereocenters. The molecule has 0 bridgehead atoms. The van der Waals surface area contributed by atoms with E-state index >= 15 is 0 Å². The van der Waals surface area contributed by atoms with Gasteiger partial charge in [-0.2, -0.15) is 0 Å². The zero-order valence-electron chi connectivity index (χ0n) is 12.0. The zero-order valence-corrected chi connectivity index (χ0v) is 12.0. The van der Waals surface area contributed by atoms with Crippen molar-refractivity contribution in [2.45, 2.75) is 18.9 Å². The number of nitrogens with zero attached hydrogens (tertiary/aromatic N) is 2. The Morgan fingerprint density at radius 3 is 2.90 bits per heavy atom. The molecule has 2 aromatic heterocycles. The molecule has 3 nitrogen and oxygen atoms in total. The van der Waals surface area contributed by atoms with Gasteiger partial charge in [-0.15, -0.1) is 0 Å². The number of likely N-dealkylation sites (tertiary alicyclic amines) is 1. The molecule has 0 radical (unpaired) electrons. The Bertz CT molecular complexity index is 732. The Labute approximate surface area is 124 Å². The first-order valence-electron chi connectivity index (χ1n) is 7.57. The third kappa shape index (κ3) is 2.45. The third-order valence-electron chi connectivity index (χ3n) is 4.52. The largest absolute Gasteiger partial charge is 0.361 e. The lowest BCUT2D eigenvalue weighted by Crippen LogP contribution is -2.19. The van der Waals surface area contributed by atoms with Crippen LogP contribution < -0.4 is 0 Å². The summed E-state index contributed by atoms with van der Waals surface area (Å²) in [5.74, 6) is 0.651. The van der Waals surface area contributed by atoms with Gasteiger partial charge in [0.2, 0.25) is 0 Å². The quantitative estimate of drug-likeness (QED) is 0.794. The number of rotatable bonds is 3. The van der Waals surface area contributed by atoms with Gasteiger partial charge in [-0.3, -0.25) is 9.88 Å². The van der Waals surface area contributed by atoms with Gasteiger partial charge in [0.25, 0.3) is 0 Å². The lowest BCUT2D eigenvalue weighted by Gasteiger charge is -2.15. The molecule has 0 spiro atoms. The van der Waals surface area contributed by atoms with Crippen molar-refractivity contribution in [3.63, 3.8) is 0 Å². The van der Waals surface area contributed by atoms with Gasteiger partial charge in [-0.1, -0.05) is 18.2 Å². The summed E-state index contributed by atoms with van der Waals surface area (Å²) in [5, 5.41) is 1.35. The smallest absolute Gasteiger partial charge is 0.0457 e. The van der Waals surface area contributed by atoms with Crippen molar-refractivity contribution in [3.8, 4) is 0 Å². The van der Waals surface area contributed by atoms with E-state index in [-0.39, 0.29) is 0 Å². The fraction of sp³-hybridized carbons (Fsp3) is 0.278. The number of aromatic nitrogens is 2. The van der Waals surface area contributed by atoms with Crippen LogP contribution in [0.4, 0.5) is 0 Å². The molecule has 1 fully saturated rings. The molecule has 21 heavy (non-hydrogen) atoms. The van der Waals surface area contributed by atoms with Crippen molar-refractivity contribution in [1.29, 1.82) is 0 Å². The lowest BCUT2D eigenvalue weighted by atomic mass is 10.00. The summed E-state index contributed by atoms with van der Waals surface area (Å²) in [5.41, 5.74) is 4.06. The van der Waals surface area contributed by atoms with Gasteiger partial charge in [-0.05, 0) is 48.2 Å². The summed E-state index contributed by atoms with van der Waals surface area (Å²) in [6.45, 7) is 3.35. The van der Waals surface area contributed by atoms with E-state index in [2.05, 4.69) is 57.5 Å². The predicted molar refractivity (Wildman–Crippen MR) is 85.2 cm³/mol. The zero-order chi connectivity index (χ0) is 14.1. The Kier molecular flexibility index (Phi) is 3.20. The Morgan fingerprint density at radius 2 is 2.00 bits per heavy atom. The van der Waals surface area contributed by atoms with Crippen LogP contribution in [0.5, 0.6) is 0 Å². The van der Waals surface area contributed by atoms with Crippen LogP contribution in [0.1, 0.15) is 23.5 Å². The number of H-pyrrole nitrogens is 1. The number of para-hydroxylation sites is 1. The maximum absolute atomic E-state index is 4.11. The van der Waals surface area contributed by atoms with Gasteiger partial charge in [0.1, 0.15) is 0 Å². The Balaban J connectivity index is 1.49. The lowest BCUT2D eigenvalue weighted by molar-refractivity contribution is 0.328. The first-order valence-corrected chi connectivity index (χ1v) is 7.57. The second kappa shape index (κ2) is 5.34. The van der Waals surface area contributed by atoms with Crippen LogP contribution in [0.2, 0.25) is 0 Å². The van der Waals surface area contributed by atoms with Crippen molar-refractivity contribution in [2.75, 3.05) is 13.1 Å². The number of hydrogen-bond acceptors (Lipinski definition) is 2. The third-order valence-corrected chi connectivity index (χ3v) is 4.52. The molecule has 3 aromatic rings. The average molecular weight is 277 g/mol. The number of benzene rings is 1. The van der Waals surface area contributed by atoms with Gasteiger partial charge in [0.05, 0.1) is 0 Å². The second-order valence-corrected chi connectivity index (χ2v) is 5.86. The number of aromatic amines is 1. The van der Waals surface area contributed by atoms with Gasteiger partial charge < -0.3 is 4.98 Å². The second-order valence-electron chi connectivity index (χ2n) is 5.86. The van der Waals surface area contributed by atoms with Crippen molar-refractivity contribution < 1.29 is 0 Å². The van der Waals surface area contributed by atoms with Gasteiger partial charge >= 0.3 is 0 Å². The Hall–Kier alpha value is -2.13. The summed E-state index contributed by atoms with van der Waals surface area (Å²) >= 11 is 0. The van der Waals surface area contributed by atoms with E-state index in [0.717, 1.165) is 13.1 Å². The standard InChI is InChI=1S/C18H19N3/c1-2-4-18-17(3-1)16(11-20-18)13-21-10-7-15(12-21)14-5-8-19-9-6-14/h1-6,8-9,11,15,20H,7,10,12-13H2. The molecule has 1 N–H and O–H groups in total. The normalized spacial score (nSPS) is 19.3. The summed E-state index contributed by atoms with van der Waals surface area (Å²) in [7, 11) is 0. The number of nitrogens with one attached hydrogen (secondary N) is 1. The van der Waals surface area contributed by atoms with Crippen LogP contribution in [0, 0.1) is 0 Å². The van der Waals surface area contributed by atoms with Crippen LogP contribution in [0.25, 0.3) is 10.9 Å². The molecular formula is C18H19N3. The molecule has 1 atom stereocenters. The van der Waals surface area contributed by atoms with Crippen molar-refractivity contribution in [2.24, 2.45) is 0 Å². The molecule has 1 aliphatic heterocycles. The molecule has 3 heterocycles. The number of pyridine rings is 1. The van der Waals surface area contributed by atoms with E-state index < -0.39 is 0 Å². The van der Waals surface area contributed by atoms with E-state index in [1.54, 1.807) is 0 Å². The van der Waals surface area contributed by atoms with Crippen LogP contribution in [-0.2, 0) is 6.54 Å². The molecule has 0 amide bonds. The van der Waals surface area contributed by atoms with Crippen molar-refractivity contribution >= 4 is 10.9 Å². The van der Waals surface area contributed by atoms with E-state index in [9.17, 15) is 0 Å². The maximum Gasteiger partial charge on any atom is 0.0457 e. The number of hydrogen-bond donors (Lipinski definition) is 1. The molecule has 1 aromatic carbocycles. The van der Waals surface area contributed by atoms with Gasteiger partial charge in [0, 0.05) is 42.6 Å². The van der Waals surface area contributed by atoms with E-state index in [1.807, 2.05) is 12.4 Å². The van der Waals surface area contributed by atoms with E-state index in [0.29, 0.717) is 5.92 Å². The highest BCUT2D eigenvalue weighted by Gasteiger charge is 2.24. The first-order chi connectivity index (χ1) is 10.4. The predicted octanol–water partition coefficient (Wildman–Crippen LogP) is 3.55. The van der Waals surface area contributed by atoms with Gasteiger partial charge in [-0.25, -0.2) is 0 Å². The van der Waals surface area contributed by atoms with Crippen LogP contribution in [-0.4, -0.2) is 28.0 Å². The molecule has 1 aliphatic rings. The van der Waals surface area contributed by atoms with Crippen LogP contribution in [0.15, 0.2) is 55.0 Å². The minimum atomic E-state index is 0.651. The molecular weight excluding hydrogens is 258 g/mol. The minimum absolute atomic E-state index is 0.651. The van der Waals surface area contributed by atoms with Crippen molar-refractivity contribution in [3.05, 3.63) is 66.1 Å². The van der Waals surface area contributed by atoms with Gasteiger partial charge in [0.15, 0.2) is 0 Å². The SMILES string of the molecule is c1ccc2c(CN3CCC(c4ccncc4)C3)c[nH]c2c1. The monoisotopic (exact) mass is 277 g/mol. The average Bonchev–Trinajstić information content (AvgIpc) is 3.17. The molecule has 106 valence electrons. The summed E-state index contributed by atoms with van der Waals surface area (Å²) < 4.78 is 0. The molecule has 0 saturated carbocycles. The fourth-order valence-corrected chi connectivity index (χ4v) is 3.39. The van der Waals surface area contributed by atoms with Crippen LogP contribution in [0.3, 0.4) is 0 Å². The van der Waals surface area contributed by atoms with E-state index in [4.69, 9.17) is 0 Å². The number of fused-ring (bicyclic) bond motifs is 1. The highest BCUT2D eigenvalue weighted by Crippen LogP contribution is 2.29. The topological polar surface area (TPSA) is 31.9 Å². The fourth-order valence-electron chi connectivity index (χ4n) is 3.39.